The average Bonchev–Trinajstić information content (AvgIpc) is 3.54. The molecule has 10 nitrogen and oxygen atoms in total. The Hall–Kier alpha value is -3.92. The van der Waals surface area contributed by atoms with Gasteiger partial charge in [0.2, 0.25) is 5.95 Å². The van der Waals surface area contributed by atoms with Crippen molar-refractivity contribution in [2.45, 2.75) is 65.1 Å². The zero-order valence-electron chi connectivity index (χ0n) is 24.6. The molecule has 4 aromatic rings. The molecule has 6 rings (SSSR count). The lowest BCUT2D eigenvalue weighted by atomic mass is 10.1. The molecule has 1 amide bonds. The Labute approximate surface area is 241 Å². The van der Waals surface area contributed by atoms with Crippen LogP contribution in [0.25, 0.3) is 22.2 Å². The first-order valence-electron chi connectivity index (χ1n) is 14.6. The van der Waals surface area contributed by atoms with E-state index >= 15 is 0 Å². The molecule has 41 heavy (non-hydrogen) atoms. The summed E-state index contributed by atoms with van der Waals surface area (Å²) < 4.78 is 7.63. The number of piperazine rings is 1. The number of nitrogens with one attached hydrogen (secondary N) is 2. The van der Waals surface area contributed by atoms with Gasteiger partial charge in [-0.15, -0.1) is 0 Å². The summed E-state index contributed by atoms with van der Waals surface area (Å²) in [6, 6.07) is 11.0. The van der Waals surface area contributed by atoms with E-state index in [4.69, 9.17) is 9.72 Å². The van der Waals surface area contributed by atoms with E-state index in [1.165, 1.54) is 12.8 Å². The zero-order chi connectivity index (χ0) is 28.7. The van der Waals surface area contributed by atoms with Crippen LogP contribution in [0.5, 0.6) is 0 Å². The van der Waals surface area contributed by atoms with E-state index in [9.17, 15) is 4.79 Å². The van der Waals surface area contributed by atoms with Gasteiger partial charge in [-0.3, -0.25) is 9.58 Å². The molecule has 4 heterocycles. The Morgan fingerprint density at radius 2 is 1.85 bits per heavy atom. The summed E-state index contributed by atoms with van der Waals surface area (Å²) in [4.78, 5) is 29.3. The second-order valence-corrected chi connectivity index (χ2v) is 12.4. The van der Waals surface area contributed by atoms with E-state index in [0.717, 1.165) is 52.5 Å². The van der Waals surface area contributed by atoms with Crippen LogP contribution in [0.3, 0.4) is 0 Å². The van der Waals surface area contributed by atoms with Crippen LogP contribution < -0.4 is 5.32 Å². The Kier molecular flexibility index (Phi) is 7.19. The van der Waals surface area contributed by atoms with Gasteiger partial charge in [-0.1, -0.05) is 6.07 Å². The maximum Gasteiger partial charge on any atom is 0.410 e. The number of nitrogens with zero attached hydrogens (tertiary/aromatic N) is 6. The Balaban J connectivity index is 1.10. The number of benzene rings is 1. The minimum atomic E-state index is -0.484. The fourth-order valence-corrected chi connectivity index (χ4v) is 5.48. The summed E-state index contributed by atoms with van der Waals surface area (Å²) >= 11 is 0. The molecule has 0 radical (unpaired) electrons. The lowest BCUT2D eigenvalue weighted by Gasteiger charge is -2.38. The van der Waals surface area contributed by atoms with E-state index in [2.05, 4.69) is 68.2 Å². The Bertz CT molecular complexity index is 1520. The van der Waals surface area contributed by atoms with Crippen LogP contribution in [0.1, 0.15) is 65.1 Å². The van der Waals surface area contributed by atoms with Crippen LogP contribution in [0.15, 0.2) is 48.9 Å². The number of carbonyl (C=O) groups excluding carboxylic acids is 1. The summed E-state index contributed by atoms with van der Waals surface area (Å²) in [7, 11) is 0. The molecule has 2 unspecified atom stereocenters. The van der Waals surface area contributed by atoms with Gasteiger partial charge in [0.05, 0.1) is 23.3 Å². The third kappa shape index (κ3) is 6.22. The van der Waals surface area contributed by atoms with Gasteiger partial charge in [0, 0.05) is 50.2 Å². The molecular weight excluding hydrogens is 516 g/mol. The van der Waals surface area contributed by atoms with E-state index in [-0.39, 0.29) is 12.1 Å². The molecule has 216 valence electrons. The number of rotatable bonds is 7. The van der Waals surface area contributed by atoms with Crippen LogP contribution in [-0.4, -0.2) is 72.4 Å². The molecule has 2 fully saturated rings. The van der Waals surface area contributed by atoms with Gasteiger partial charge in [0.15, 0.2) is 0 Å². The van der Waals surface area contributed by atoms with Crippen LogP contribution in [0, 0.1) is 5.92 Å². The quantitative estimate of drug-likeness (QED) is 0.281. The van der Waals surface area contributed by atoms with Crippen LogP contribution in [0.2, 0.25) is 0 Å². The first-order valence-corrected chi connectivity index (χ1v) is 14.6. The molecular formula is C31H40N8O2. The van der Waals surface area contributed by atoms with E-state index in [1.807, 2.05) is 45.3 Å². The van der Waals surface area contributed by atoms with Crippen LogP contribution in [-0.2, 0) is 4.74 Å². The highest BCUT2D eigenvalue weighted by atomic mass is 16.6. The Morgan fingerprint density at radius 1 is 1.07 bits per heavy atom. The molecule has 1 aromatic carbocycles. The van der Waals surface area contributed by atoms with Crippen molar-refractivity contribution < 1.29 is 9.53 Å². The number of carbonyl (C=O) groups is 1. The predicted octanol–water partition coefficient (Wildman–Crippen LogP) is 6.15. The molecule has 0 bridgehead atoms. The normalized spacial score (nSPS) is 17.9. The lowest BCUT2D eigenvalue weighted by Crippen LogP contribution is -2.50. The number of amides is 1. The zero-order valence-corrected chi connectivity index (χ0v) is 24.6. The standard InChI is InChI=1S/C31H40N8O2/c1-20(37-12-14-38(15-13-37)30(40)41-31(3,4)5)23-10-11-32-28(17-23)36-29-34-26-9-8-24(16-27(26)35-29)25-18-33-39(19-25)21(2)22-6-7-22/h8-11,16-22H,6-7,12-15H2,1-5H3,(H2,32,34,35,36). The summed E-state index contributed by atoms with van der Waals surface area (Å²) in [5.41, 5.74) is 4.75. The largest absolute Gasteiger partial charge is 0.444 e. The maximum absolute atomic E-state index is 12.4. The minimum Gasteiger partial charge on any atom is -0.444 e. The van der Waals surface area contributed by atoms with Crippen LogP contribution in [0.4, 0.5) is 16.6 Å². The third-order valence-electron chi connectivity index (χ3n) is 8.16. The highest BCUT2D eigenvalue weighted by Crippen LogP contribution is 2.39. The third-order valence-corrected chi connectivity index (χ3v) is 8.16. The van der Waals surface area contributed by atoms with Crippen LogP contribution >= 0.6 is 0 Å². The number of H-pyrrole nitrogens is 1. The average molecular weight is 557 g/mol. The number of imidazole rings is 1. The molecule has 1 saturated heterocycles. The predicted molar refractivity (Wildman–Crippen MR) is 160 cm³/mol. The first-order chi connectivity index (χ1) is 19.6. The number of ether oxygens (including phenoxy) is 1. The van der Waals surface area contributed by atoms with Gasteiger partial charge >= 0.3 is 6.09 Å². The van der Waals surface area contributed by atoms with Crippen molar-refractivity contribution >= 4 is 28.9 Å². The first kappa shape index (κ1) is 27.3. The van der Waals surface area contributed by atoms with E-state index in [0.29, 0.717) is 25.1 Å². The van der Waals surface area contributed by atoms with E-state index in [1.54, 1.807) is 4.90 Å². The van der Waals surface area contributed by atoms with Crippen molar-refractivity contribution in [1.29, 1.82) is 0 Å². The van der Waals surface area contributed by atoms with Gasteiger partial charge in [0.1, 0.15) is 11.4 Å². The molecule has 0 spiro atoms. The topological polar surface area (TPSA) is 104 Å². The number of hydrogen-bond acceptors (Lipinski definition) is 7. The number of aromatic amines is 1. The fraction of sp³-hybridized carbons (Fsp3) is 0.484. The van der Waals surface area contributed by atoms with Gasteiger partial charge < -0.3 is 19.9 Å². The SMILES string of the molecule is CC(c1ccnc(Nc2nc3ccc(-c4cnn(C(C)C5CC5)c4)cc3[nH]2)c1)N1CCN(C(=O)OC(C)(C)C)CC1. The molecule has 1 saturated carbocycles. The van der Waals surface area contributed by atoms with Crippen molar-refractivity contribution in [2.75, 3.05) is 31.5 Å². The number of fused-ring (bicyclic) bond motifs is 1. The smallest absolute Gasteiger partial charge is 0.410 e. The summed E-state index contributed by atoms with van der Waals surface area (Å²) in [5.74, 6) is 2.14. The molecule has 2 atom stereocenters. The highest BCUT2D eigenvalue weighted by molar-refractivity contribution is 5.83. The highest BCUT2D eigenvalue weighted by Gasteiger charge is 2.30. The van der Waals surface area contributed by atoms with Gasteiger partial charge in [-0.25, -0.2) is 14.8 Å². The Morgan fingerprint density at radius 3 is 2.59 bits per heavy atom. The monoisotopic (exact) mass is 556 g/mol. The van der Waals surface area contributed by atoms with Gasteiger partial charge in [-0.2, -0.15) is 5.10 Å². The maximum atomic E-state index is 12.4. The minimum absolute atomic E-state index is 0.182. The molecule has 1 aliphatic carbocycles. The summed E-state index contributed by atoms with van der Waals surface area (Å²) in [6.07, 6.45) is 8.28. The van der Waals surface area contributed by atoms with Gasteiger partial charge in [0.25, 0.3) is 0 Å². The lowest BCUT2D eigenvalue weighted by molar-refractivity contribution is 0.0110. The fourth-order valence-electron chi connectivity index (χ4n) is 5.48. The van der Waals surface area contributed by atoms with Crippen molar-refractivity contribution in [3.05, 3.63) is 54.5 Å². The van der Waals surface area contributed by atoms with Crippen molar-refractivity contribution in [2.24, 2.45) is 5.92 Å². The van der Waals surface area contributed by atoms with Gasteiger partial charge in [-0.05, 0) is 88.8 Å². The van der Waals surface area contributed by atoms with E-state index < -0.39 is 5.60 Å². The molecule has 2 aliphatic rings. The number of anilines is 2. The van der Waals surface area contributed by atoms with Crippen molar-refractivity contribution in [1.82, 2.24) is 34.5 Å². The molecule has 10 heteroatoms. The number of pyridine rings is 1. The summed E-state index contributed by atoms with van der Waals surface area (Å²) in [5, 5.41) is 7.97. The number of hydrogen-bond donors (Lipinski definition) is 2. The molecule has 2 N–H and O–H groups in total. The van der Waals surface area contributed by atoms with Crippen molar-refractivity contribution in [3.63, 3.8) is 0 Å². The molecule has 1 aliphatic heterocycles. The second-order valence-electron chi connectivity index (χ2n) is 12.4. The number of aromatic nitrogens is 5. The molecule has 3 aromatic heterocycles. The second kappa shape index (κ2) is 10.8. The van der Waals surface area contributed by atoms with Crippen molar-refractivity contribution in [3.8, 4) is 11.1 Å². The summed E-state index contributed by atoms with van der Waals surface area (Å²) in [6.45, 7) is 13.0.